The predicted molar refractivity (Wildman–Crippen MR) is 74.9 cm³/mol. The lowest BCUT2D eigenvalue weighted by atomic mass is 9.82. The molecule has 1 aliphatic heterocycles. The number of hydrogen-bond donors (Lipinski definition) is 0. The zero-order valence-electron chi connectivity index (χ0n) is 12.6. The molecule has 1 spiro atoms. The van der Waals surface area contributed by atoms with Gasteiger partial charge in [-0.3, -0.25) is 4.79 Å². The highest BCUT2D eigenvalue weighted by Crippen LogP contribution is 2.44. The summed E-state index contributed by atoms with van der Waals surface area (Å²) in [4.78, 5) is 12.0. The van der Waals surface area contributed by atoms with Gasteiger partial charge in [0, 0.05) is 6.42 Å². The third-order valence-corrected chi connectivity index (χ3v) is 4.71. The van der Waals surface area contributed by atoms with Crippen LogP contribution in [-0.4, -0.2) is 24.3 Å². The van der Waals surface area contributed by atoms with Crippen LogP contribution in [0.4, 0.5) is 0 Å². The van der Waals surface area contributed by atoms with Crippen LogP contribution in [0.2, 0.25) is 0 Å². The summed E-state index contributed by atoms with van der Waals surface area (Å²) in [6.45, 7) is 3.74. The van der Waals surface area contributed by atoms with Gasteiger partial charge in [-0.25, -0.2) is 0 Å². The molecule has 0 N–H and O–H groups in total. The average molecular weight is 279 g/mol. The van der Waals surface area contributed by atoms with Gasteiger partial charge in [-0.15, -0.1) is 0 Å². The molecule has 1 aliphatic carbocycles. The Balaban J connectivity index is 1.96. The Morgan fingerprint density at radius 3 is 2.70 bits per heavy atom. The fourth-order valence-corrected chi connectivity index (χ4v) is 3.52. The summed E-state index contributed by atoms with van der Waals surface area (Å²) in [5.74, 6) is -0.421. The third-order valence-electron chi connectivity index (χ3n) is 4.71. The normalized spacial score (nSPS) is 27.8. The topological polar surface area (TPSA) is 59.3 Å². The monoisotopic (exact) mass is 279 g/mol. The number of rotatable bonds is 4. The van der Waals surface area contributed by atoms with E-state index in [0.717, 1.165) is 25.7 Å². The third kappa shape index (κ3) is 3.15. The Bertz CT molecular complexity index is 395. The lowest BCUT2D eigenvalue weighted by Gasteiger charge is -2.34. The maximum absolute atomic E-state index is 12.0. The van der Waals surface area contributed by atoms with Crippen molar-refractivity contribution in [2.24, 2.45) is 5.41 Å². The van der Waals surface area contributed by atoms with E-state index >= 15 is 0 Å². The van der Waals surface area contributed by atoms with Crippen molar-refractivity contribution in [3.63, 3.8) is 0 Å². The van der Waals surface area contributed by atoms with Gasteiger partial charge in [-0.1, -0.05) is 19.3 Å². The average Bonchev–Trinajstić information content (AvgIpc) is 2.82. The van der Waals surface area contributed by atoms with Crippen molar-refractivity contribution >= 4 is 5.97 Å². The van der Waals surface area contributed by atoms with Crippen LogP contribution in [0.1, 0.15) is 65.2 Å². The number of nitrogens with zero attached hydrogens (tertiary/aromatic N) is 1. The Kier molecular flexibility index (Phi) is 4.70. The minimum atomic E-state index is -1.08. The number of hydrogen-bond acceptors (Lipinski definition) is 4. The molecule has 2 rings (SSSR count). The standard InChI is InChI=1S/C16H25NO3/c1-3-19-14(18)15(2,12-17)11-13-7-10-16(20-13)8-5-4-6-9-16/h13H,3-11H2,1-2H3. The molecule has 4 nitrogen and oxygen atoms in total. The molecule has 0 amide bonds. The molecular weight excluding hydrogens is 254 g/mol. The lowest BCUT2D eigenvalue weighted by Crippen LogP contribution is -2.35. The van der Waals surface area contributed by atoms with Crippen molar-refractivity contribution in [3.8, 4) is 6.07 Å². The van der Waals surface area contributed by atoms with Gasteiger partial charge in [0.2, 0.25) is 0 Å². The highest BCUT2D eigenvalue weighted by molar-refractivity contribution is 5.79. The van der Waals surface area contributed by atoms with Crippen molar-refractivity contribution in [1.29, 1.82) is 5.26 Å². The number of ether oxygens (including phenoxy) is 2. The van der Waals surface area contributed by atoms with E-state index in [1.165, 1.54) is 19.3 Å². The lowest BCUT2D eigenvalue weighted by molar-refractivity contribution is -0.154. The van der Waals surface area contributed by atoms with Crippen molar-refractivity contribution < 1.29 is 14.3 Å². The van der Waals surface area contributed by atoms with Gasteiger partial charge in [-0.2, -0.15) is 5.26 Å². The molecule has 1 saturated heterocycles. The Morgan fingerprint density at radius 2 is 2.10 bits per heavy atom. The van der Waals surface area contributed by atoms with Crippen LogP contribution in [0, 0.1) is 16.7 Å². The molecule has 4 heteroatoms. The van der Waals surface area contributed by atoms with Crippen LogP contribution >= 0.6 is 0 Å². The maximum atomic E-state index is 12.0. The molecule has 2 unspecified atom stereocenters. The van der Waals surface area contributed by atoms with Gasteiger partial charge < -0.3 is 9.47 Å². The van der Waals surface area contributed by atoms with Gasteiger partial charge in [0.05, 0.1) is 24.4 Å². The Morgan fingerprint density at radius 1 is 1.40 bits per heavy atom. The summed E-state index contributed by atoms with van der Waals surface area (Å²) in [6, 6.07) is 2.13. The second-order valence-corrected chi connectivity index (χ2v) is 6.39. The van der Waals surface area contributed by atoms with E-state index in [0.29, 0.717) is 13.0 Å². The number of esters is 1. The van der Waals surface area contributed by atoms with Gasteiger partial charge in [-0.05, 0) is 39.5 Å². The Hall–Kier alpha value is -1.08. The molecule has 0 aromatic heterocycles. The molecule has 0 bridgehead atoms. The second kappa shape index (κ2) is 6.13. The maximum Gasteiger partial charge on any atom is 0.326 e. The fourth-order valence-electron chi connectivity index (χ4n) is 3.52. The molecule has 2 fully saturated rings. The number of carbonyl (C=O) groups is 1. The van der Waals surface area contributed by atoms with Crippen LogP contribution in [0.3, 0.4) is 0 Å². The van der Waals surface area contributed by atoms with Crippen LogP contribution in [0.15, 0.2) is 0 Å². The molecule has 0 radical (unpaired) electrons. The van der Waals surface area contributed by atoms with Crippen molar-refractivity contribution in [3.05, 3.63) is 0 Å². The van der Waals surface area contributed by atoms with E-state index < -0.39 is 11.4 Å². The van der Waals surface area contributed by atoms with Crippen LogP contribution in [0.25, 0.3) is 0 Å². The SMILES string of the molecule is CCOC(=O)C(C)(C#N)CC1CCC2(CCCCC2)O1. The zero-order valence-corrected chi connectivity index (χ0v) is 12.6. The van der Waals surface area contributed by atoms with Gasteiger partial charge in [0.1, 0.15) is 0 Å². The molecule has 20 heavy (non-hydrogen) atoms. The Labute approximate surface area is 121 Å². The molecule has 1 saturated carbocycles. The van der Waals surface area contributed by atoms with Crippen LogP contribution in [0.5, 0.6) is 0 Å². The number of carbonyl (C=O) groups excluding carboxylic acids is 1. The van der Waals surface area contributed by atoms with E-state index in [1.807, 2.05) is 0 Å². The largest absolute Gasteiger partial charge is 0.465 e. The highest BCUT2D eigenvalue weighted by Gasteiger charge is 2.45. The zero-order chi connectivity index (χ0) is 14.6. The molecule has 2 atom stereocenters. The summed E-state index contributed by atoms with van der Waals surface area (Å²) >= 11 is 0. The quantitative estimate of drug-likeness (QED) is 0.740. The summed E-state index contributed by atoms with van der Waals surface area (Å²) in [7, 11) is 0. The van der Waals surface area contributed by atoms with Crippen LogP contribution in [-0.2, 0) is 14.3 Å². The van der Waals surface area contributed by atoms with E-state index in [-0.39, 0.29) is 11.7 Å². The summed E-state index contributed by atoms with van der Waals surface area (Å²) in [5, 5.41) is 9.34. The molecule has 112 valence electrons. The fraction of sp³-hybridized carbons (Fsp3) is 0.875. The highest BCUT2D eigenvalue weighted by atomic mass is 16.5. The minimum Gasteiger partial charge on any atom is -0.465 e. The first-order chi connectivity index (χ1) is 9.53. The smallest absolute Gasteiger partial charge is 0.326 e. The summed E-state index contributed by atoms with van der Waals surface area (Å²) in [6.07, 6.45) is 8.53. The van der Waals surface area contributed by atoms with E-state index in [2.05, 4.69) is 6.07 Å². The van der Waals surface area contributed by atoms with E-state index in [1.54, 1.807) is 13.8 Å². The predicted octanol–water partition coefficient (Wildman–Crippen LogP) is 3.35. The molecule has 0 aromatic rings. The van der Waals surface area contributed by atoms with Gasteiger partial charge in [0.15, 0.2) is 5.41 Å². The number of nitriles is 1. The first kappa shape index (κ1) is 15.3. The van der Waals surface area contributed by atoms with Crippen molar-refractivity contribution in [1.82, 2.24) is 0 Å². The van der Waals surface area contributed by atoms with E-state index in [9.17, 15) is 10.1 Å². The molecular formula is C16H25NO3. The minimum absolute atomic E-state index is 0.0159. The summed E-state index contributed by atoms with van der Waals surface area (Å²) in [5.41, 5.74) is -1.05. The first-order valence-corrected chi connectivity index (χ1v) is 7.80. The van der Waals surface area contributed by atoms with Crippen molar-refractivity contribution in [2.75, 3.05) is 6.61 Å². The van der Waals surface area contributed by atoms with Crippen molar-refractivity contribution in [2.45, 2.75) is 76.9 Å². The van der Waals surface area contributed by atoms with Gasteiger partial charge in [0.25, 0.3) is 0 Å². The van der Waals surface area contributed by atoms with E-state index in [4.69, 9.17) is 9.47 Å². The first-order valence-electron chi connectivity index (χ1n) is 7.80. The summed E-state index contributed by atoms with van der Waals surface area (Å²) < 4.78 is 11.3. The molecule has 2 aliphatic rings. The second-order valence-electron chi connectivity index (χ2n) is 6.39. The molecule has 1 heterocycles. The van der Waals surface area contributed by atoms with Crippen LogP contribution < -0.4 is 0 Å². The molecule has 0 aromatic carbocycles. The van der Waals surface area contributed by atoms with Gasteiger partial charge >= 0.3 is 5.97 Å².